The van der Waals surface area contributed by atoms with Crippen molar-refractivity contribution in [3.8, 4) is 5.75 Å². The SMILES string of the molecule is COc1ccc(CNC(=O)[C@H](CS(=O)(=O)CC2CCCCC2)NC(=O)[C@@H]2SCCN2C(=O)OC(C)(C)C)cc1. The summed E-state index contributed by atoms with van der Waals surface area (Å²) in [6, 6.07) is 5.81. The van der Waals surface area contributed by atoms with E-state index in [9.17, 15) is 22.8 Å². The second-order valence-electron chi connectivity index (χ2n) is 11.1. The predicted molar refractivity (Wildman–Crippen MR) is 151 cm³/mol. The molecule has 218 valence electrons. The summed E-state index contributed by atoms with van der Waals surface area (Å²) in [5.74, 6) is -0.450. The molecule has 0 unspecified atom stereocenters. The molecule has 1 heterocycles. The van der Waals surface area contributed by atoms with Gasteiger partial charge in [-0.25, -0.2) is 13.2 Å². The Kier molecular flexibility index (Phi) is 10.9. The molecular weight excluding hydrogens is 542 g/mol. The van der Waals surface area contributed by atoms with Gasteiger partial charge in [-0.3, -0.25) is 14.5 Å². The smallest absolute Gasteiger partial charge is 0.411 e. The van der Waals surface area contributed by atoms with E-state index in [1.807, 2.05) is 0 Å². The third-order valence-corrected chi connectivity index (χ3v) is 9.66. The van der Waals surface area contributed by atoms with Crippen molar-refractivity contribution in [2.75, 3.05) is 30.9 Å². The molecule has 10 nitrogen and oxygen atoms in total. The molecule has 3 amide bonds. The van der Waals surface area contributed by atoms with Crippen LogP contribution in [0.15, 0.2) is 24.3 Å². The predicted octanol–water partition coefficient (Wildman–Crippen LogP) is 3.10. The molecule has 0 spiro atoms. The Morgan fingerprint density at radius 1 is 1.10 bits per heavy atom. The van der Waals surface area contributed by atoms with Crippen molar-refractivity contribution in [3.05, 3.63) is 29.8 Å². The van der Waals surface area contributed by atoms with Gasteiger partial charge >= 0.3 is 6.09 Å². The first kappa shape index (κ1) is 31.1. The molecule has 2 fully saturated rings. The summed E-state index contributed by atoms with van der Waals surface area (Å²) in [6.07, 6.45) is 4.19. The number of nitrogens with one attached hydrogen (secondary N) is 2. The largest absolute Gasteiger partial charge is 0.497 e. The van der Waals surface area contributed by atoms with Gasteiger partial charge in [0.15, 0.2) is 15.2 Å². The molecule has 0 radical (unpaired) electrons. The van der Waals surface area contributed by atoms with Crippen LogP contribution in [-0.4, -0.2) is 79.2 Å². The molecule has 0 bridgehead atoms. The van der Waals surface area contributed by atoms with E-state index in [0.29, 0.717) is 18.0 Å². The zero-order valence-corrected chi connectivity index (χ0v) is 24.9. The van der Waals surface area contributed by atoms with Crippen molar-refractivity contribution in [3.63, 3.8) is 0 Å². The van der Waals surface area contributed by atoms with Crippen molar-refractivity contribution in [2.24, 2.45) is 5.92 Å². The minimum Gasteiger partial charge on any atom is -0.497 e. The van der Waals surface area contributed by atoms with Gasteiger partial charge in [-0.1, -0.05) is 31.4 Å². The minimum absolute atomic E-state index is 0.00660. The molecular formula is C27H41N3O7S2. The van der Waals surface area contributed by atoms with Gasteiger partial charge in [0, 0.05) is 18.8 Å². The van der Waals surface area contributed by atoms with E-state index in [-0.39, 0.29) is 18.2 Å². The van der Waals surface area contributed by atoms with Gasteiger partial charge in [0.2, 0.25) is 5.91 Å². The zero-order chi connectivity index (χ0) is 28.6. The van der Waals surface area contributed by atoms with E-state index in [4.69, 9.17) is 9.47 Å². The standard InChI is InChI=1S/C27H41N3O7S2/c1-27(2,3)37-26(33)30-14-15-38-25(30)24(32)29-22(18-39(34,35)17-20-8-6-5-7-9-20)23(31)28-16-19-10-12-21(36-4)13-11-19/h10-13,20,22,25H,5-9,14-18H2,1-4H3,(H,28,31)(H,29,32)/t22-,25-/m0/s1. The highest BCUT2D eigenvalue weighted by Crippen LogP contribution is 2.27. The van der Waals surface area contributed by atoms with Gasteiger partial charge < -0.3 is 20.1 Å². The Balaban J connectivity index is 1.71. The first-order valence-corrected chi connectivity index (χ1v) is 16.3. The summed E-state index contributed by atoms with van der Waals surface area (Å²) >= 11 is 1.25. The van der Waals surface area contributed by atoms with E-state index >= 15 is 0 Å². The van der Waals surface area contributed by atoms with Gasteiger partial charge in [0.25, 0.3) is 5.91 Å². The van der Waals surface area contributed by atoms with Crippen LogP contribution in [0, 0.1) is 5.92 Å². The Hall–Kier alpha value is -2.47. The molecule has 0 aromatic heterocycles. The number of rotatable bonds is 10. The number of carbonyl (C=O) groups is 3. The third-order valence-electron chi connectivity index (χ3n) is 6.64. The van der Waals surface area contributed by atoms with Crippen molar-refractivity contribution in [2.45, 2.75) is 76.4 Å². The maximum absolute atomic E-state index is 13.3. The topological polar surface area (TPSA) is 131 Å². The first-order chi connectivity index (χ1) is 18.4. The lowest BCUT2D eigenvalue weighted by Gasteiger charge is -2.28. The number of sulfone groups is 1. The van der Waals surface area contributed by atoms with Gasteiger partial charge in [0.1, 0.15) is 17.4 Å². The number of thioether (sulfide) groups is 1. The van der Waals surface area contributed by atoms with E-state index in [2.05, 4.69) is 10.6 Å². The van der Waals surface area contributed by atoms with Crippen LogP contribution in [0.3, 0.4) is 0 Å². The van der Waals surface area contributed by atoms with Crippen molar-refractivity contribution >= 4 is 39.5 Å². The maximum atomic E-state index is 13.3. The van der Waals surface area contributed by atoms with Crippen LogP contribution in [0.5, 0.6) is 5.75 Å². The Morgan fingerprint density at radius 3 is 2.38 bits per heavy atom. The lowest BCUT2D eigenvalue weighted by Crippen LogP contribution is -2.55. The van der Waals surface area contributed by atoms with Crippen LogP contribution in [0.25, 0.3) is 0 Å². The summed E-state index contributed by atoms with van der Waals surface area (Å²) in [7, 11) is -2.08. The summed E-state index contributed by atoms with van der Waals surface area (Å²) in [6.45, 7) is 5.68. The number of methoxy groups -OCH3 is 1. The maximum Gasteiger partial charge on any atom is 0.411 e. The molecule has 1 saturated heterocycles. The van der Waals surface area contributed by atoms with Crippen LogP contribution in [0.1, 0.15) is 58.4 Å². The molecule has 1 aliphatic carbocycles. The highest BCUT2D eigenvalue weighted by atomic mass is 32.2. The van der Waals surface area contributed by atoms with Crippen molar-refractivity contribution in [1.82, 2.24) is 15.5 Å². The Bertz CT molecular complexity index is 1100. The molecule has 2 N–H and O–H groups in total. The number of nitrogens with zero attached hydrogens (tertiary/aromatic N) is 1. The van der Waals surface area contributed by atoms with Crippen LogP contribution in [-0.2, 0) is 30.7 Å². The minimum atomic E-state index is -3.64. The Labute approximate surface area is 235 Å². The number of amides is 3. The number of benzene rings is 1. The summed E-state index contributed by atoms with van der Waals surface area (Å²) in [4.78, 5) is 40.5. The van der Waals surface area contributed by atoms with E-state index < -0.39 is 50.5 Å². The van der Waals surface area contributed by atoms with Gasteiger partial charge in [-0.2, -0.15) is 0 Å². The van der Waals surface area contributed by atoms with Crippen LogP contribution in [0.2, 0.25) is 0 Å². The van der Waals surface area contributed by atoms with E-state index in [1.165, 1.54) is 16.7 Å². The summed E-state index contributed by atoms with van der Waals surface area (Å²) in [5.41, 5.74) is 0.0596. The van der Waals surface area contributed by atoms with Gasteiger partial charge in [-0.15, -0.1) is 11.8 Å². The molecule has 1 aromatic rings. The quantitative estimate of drug-likeness (QED) is 0.430. The normalized spacial score (nSPS) is 19.3. The van der Waals surface area contributed by atoms with Gasteiger partial charge in [0.05, 0.1) is 18.6 Å². The average molecular weight is 584 g/mol. The Morgan fingerprint density at radius 2 is 1.77 bits per heavy atom. The average Bonchev–Trinajstić information content (AvgIpc) is 3.37. The molecule has 2 atom stereocenters. The van der Waals surface area contributed by atoms with E-state index in [0.717, 1.165) is 37.7 Å². The third kappa shape index (κ3) is 9.90. The number of ether oxygens (including phenoxy) is 2. The highest BCUT2D eigenvalue weighted by molar-refractivity contribution is 8.00. The highest BCUT2D eigenvalue weighted by Gasteiger charge is 2.39. The fourth-order valence-electron chi connectivity index (χ4n) is 4.71. The fourth-order valence-corrected chi connectivity index (χ4v) is 7.76. The van der Waals surface area contributed by atoms with Crippen molar-refractivity contribution in [1.29, 1.82) is 0 Å². The monoisotopic (exact) mass is 583 g/mol. The molecule has 12 heteroatoms. The van der Waals surface area contributed by atoms with Crippen LogP contribution >= 0.6 is 11.8 Å². The molecule has 1 aromatic carbocycles. The van der Waals surface area contributed by atoms with Crippen LogP contribution < -0.4 is 15.4 Å². The van der Waals surface area contributed by atoms with Crippen molar-refractivity contribution < 1.29 is 32.3 Å². The molecule has 1 aliphatic heterocycles. The molecule has 1 saturated carbocycles. The van der Waals surface area contributed by atoms with Crippen LogP contribution in [0.4, 0.5) is 4.79 Å². The molecule has 39 heavy (non-hydrogen) atoms. The summed E-state index contributed by atoms with van der Waals surface area (Å²) in [5, 5.41) is 4.47. The lowest BCUT2D eigenvalue weighted by atomic mass is 9.91. The number of hydrogen-bond donors (Lipinski definition) is 2. The van der Waals surface area contributed by atoms with E-state index in [1.54, 1.807) is 52.1 Å². The first-order valence-electron chi connectivity index (χ1n) is 13.4. The lowest BCUT2D eigenvalue weighted by molar-refractivity contribution is -0.129. The summed E-state index contributed by atoms with van der Waals surface area (Å²) < 4.78 is 36.9. The molecule has 2 aliphatic rings. The number of hydrogen-bond acceptors (Lipinski definition) is 8. The second-order valence-corrected chi connectivity index (χ2v) is 14.4. The molecule has 3 rings (SSSR count). The zero-order valence-electron chi connectivity index (χ0n) is 23.2. The van der Waals surface area contributed by atoms with Gasteiger partial charge in [-0.05, 0) is 57.2 Å². The number of carbonyl (C=O) groups excluding carboxylic acids is 3. The fraction of sp³-hybridized carbons (Fsp3) is 0.667. The second kappa shape index (κ2) is 13.7.